The number of nitrogens with two attached hydrogens (primary N) is 1. The Labute approximate surface area is 171 Å². The molecule has 0 unspecified atom stereocenters. The average Bonchev–Trinajstić information content (AvgIpc) is 2.65. The van der Waals surface area contributed by atoms with Gasteiger partial charge in [0.15, 0.2) is 6.61 Å². The van der Waals surface area contributed by atoms with E-state index in [-0.39, 0.29) is 10.8 Å². The first-order valence-electron chi connectivity index (χ1n) is 9.22. The van der Waals surface area contributed by atoms with Crippen molar-refractivity contribution >= 4 is 27.6 Å². The Kier molecular flexibility index (Phi) is 7.16. The fraction of sp³-hybridized carbons (Fsp3) is 0.333. The first-order valence-corrected chi connectivity index (χ1v) is 10.8. The summed E-state index contributed by atoms with van der Waals surface area (Å²) in [6, 6.07) is 11.0. The van der Waals surface area contributed by atoms with Crippen LogP contribution in [0.1, 0.15) is 61.0 Å². The summed E-state index contributed by atoms with van der Waals surface area (Å²) in [7, 11) is -3.80. The predicted molar refractivity (Wildman–Crippen MR) is 111 cm³/mol. The number of ether oxygens (including phenoxy) is 1. The van der Waals surface area contributed by atoms with Crippen LogP contribution >= 0.6 is 0 Å². The molecule has 0 aliphatic carbocycles. The second-order valence-corrected chi connectivity index (χ2v) is 8.91. The SMILES string of the molecule is CC(C)c1ccc(C(=O)OCC(=O)Nc2ccc(S(N)(=O)=O)cc2)c(C(C)C)c1. The lowest BCUT2D eigenvalue weighted by Crippen LogP contribution is -2.21. The number of rotatable bonds is 7. The van der Waals surface area contributed by atoms with Crippen LogP contribution in [0.5, 0.6) is 0 Å². The maximum atomic E-state index is 12.5. The molecule has 2 aromatic rings. The maximum Gasteiger partial charge on any atom is 0.338 e. The lowest BCUT2D eigenvalue weighted by molar-refractivity contribution is -0.119. The van der Waals surface area contributed by atoms with Gasteiger partial charge in [0.05, 0.1) is 10.5 Å². The minimum absolute atomic E-state index is 0.0620. The van der Waals surface area contributed by atoms with E-state index < -0.39 is 28.5 Å². The summed E-state index contributed by atoms with van der Waals surface area (Å²) < 4.78 is 27.7. The van der Waals surface area contributed by atoms with E-state index in [4.69, 9.17) is 9.88 Å². The van der Waals surface area contributed by atoms with Crippen LogP contribution in [0.4, 0.5) is 5.69 Å². The summed E-state index contributed by atoms with van der Waals surface area (Å²) in [6.45, 7) is 7.69. The number of nitrogens with one attached hydrogen (secondary N) is 1. The van der Waals surface area contributed by atoms with Crippen LogP contribution in [-0.4, -0.2) is 26.9 Å². The van der Waals surface area contributed by atoms with Crippen LogP contribution in [0.3, 0.4) is 0 Å². The van der Waals surface area contributed by atoms with Gasteiger partial charge in [-0.1, -0.05) is 39.8 Å². The fourth-order valence-corrected chi connectivity index (χ4v) is 3.25. The molecule has 0 atom stereocenters. The van der Waals surface area contributed by atoms with E-state index in [1.165, 1.54) is 24.3 Å². The van der Waals surface area contributed by atoms with Gasteiger partial charge in [0.25, 0.3) is 5.91 Å². The highest BCUT2D eigenvalue weighted by Crippen LogP contribution is 2.25. The third-order valence-electron chi connectivity index (χ3n) is 4.39. The number of anilines is 1. The van der Waals surface area contributed by atoms with Crippen LogP contribution in [0.25, 0.3) is 0 Å². The third-order valence-corrected chi connectivity index (χ3v) is 5.31. The van der Waals surface area contributed by atoms with Crippen molar-refractivity contribution in [3.63, 3.8) is 0 Å². The number of carbonyl (C=O) groups is 2. The number of benzene rings is 2. The van der Waals surface area contributed by atoms with E-state index in [0.29, 0.717) is 17.2 Å². The molecule has 29 heavy (non-hydrogen) atoms. The number of hydrogen-bond donors (Lipinski definition) is 2. The standard InChI is InChI=1S/C21H26N2O5S/c1-13(2)15-5-10-18(19(11-15)14(3)4)21(25)28-12-20(24)23-16-6-8-17(9-7-16)29(22,26)27/h5-11,13-14H,12H2,1-4H3,(H,23,24)(H2,22,26,27). The molecule has 0 radical (unpaired) electrons. The molecular formula is C21H26N2O5S. The second-order valence-electron chi connectivity index (χ2n) is 7.35. The normalized spacial score (nSPS) is 11.6. The molecule has 8 heteroatoms. The summed E-state index contributed by atoms with van der Waals surface area (Å²) in [6.07, 6.45) is 0. The largest absolute Gasteiger partial charge is 0.452 e. The molecule has 0 saturated carbocycles. The van der Waals surface area contributed by atoms with Crippen LogP contribution in [0.15, 0.2) is 47.4 Å². The van der Waals surface area contributed by atoms with Crippen LogP contribution < -0.4 is 10.5 Å². The molecule has 1 amide bonds. The summed E-state index contributed by atoms with van der Waals surface area (Å²) in [5.74, 6) is -0.637. The zero-order valence-electron chi connectivity index (χ0n) is 16.9. The highest BCUT2D eigenvalue weighted by molar-refractivity contribution is 7.89. The van der Waals surface area contributed by atoms with Crippen molar-refractivity contribution in [2.24, 2.45) is 5.14 Å². The van der Waals surface area contributed by atoms with E-state index in [1.807, 2.05) is 26.0 Å². The Morgan fingerprint density at radius 2 is 1.62 bits per heavy atom. The van der Waals surface area contributed by atoms with Crippen LogP contribution in [0, 0.1) is 0 Å². The molecular weight excluding hydrogens is 392 g/mol. The monoisotopic (exact) mass is 418 g/mol. The van der Waals surface area contributed by atoms with Gasteiger partial charge in [0.2, 0.25) is 10.0 Å². The molecule has 0 aliphatic heterocycles. The van der Waals surface area contributed by atoms with E-state index in [0.717, 1.165) is 11.1 Å². The Bertz CT molecular complexity index is 996. The van der Waals surface area contributed by atoms with E-state index in [1.54, 1.807) is 6.07 Å². The summed E-state index contributed by atoms with van der Waals surface area (Å²) in [5, 5.41) is 7.57. The van der Waals surface area contributed by atoms with Crippen LogP contribution in [0.2, 0.25) is 0 Å². The van der Waals surface area contributed by atoms with Gasteiger partial charge in [-0.05, 0) is 53.3 Å². The van der Waals surface area contributed by atoms with Gasteiger partial charge in [-0.3, -0.25) is 4.79 Å². The van der Waals surface area contributed by atoms with E-state index >= 15 is 0 Å². The first kappa shape index (κ1) is 22.6. The molecule has 2 rings (SSSR count). The van der Waals surface area contributed by atoms with Crippen molar-refractivity contribution in [2.45, 2.75) is 44.4 Å². The molecule has 3 N–H and O–H groups in total. The van der Waals surface area contributed by atoms with Gasteiger partial charge in [0, 0.05) is 5.69 Å². The van der Waals surface area contributed by atoms with Crippen molar-refractivity contribution in [3.05, 3.63) is 59.2 Å². The molecule has 0 aliphatic rings. The quantitative estimate of drug-likeness (QED) is 0.669. The minimum atomic E-state index is -3.80. The van der Waals surface area contributed by atoms with Gasteiger partial charge in [-0.25, -0.2) is 18.4 Å². The summed E-state index contributed by atoms with van der Waals surface area (Å²) >= 11 is 0. The van der Waals surface area contributed by atoms with Crippen LogP contribution in [-0.2, 0) is 19.6 Å². The predicted octanol–water partition coefficient (Wildman–Crippen LogP) is 3.38. The number of esters is 1. The molecule has 7 nitrogen and oxygen atoms in total. The smallest absolute Gasteiger partial charge is 0.338 e. The van der Waals surface area contributed by atoms with Gasteiger partial charge in [-0.15, -0.1) is 0 Å². The molecule has 0 aromatic heterocycles. The Morgan fingerprint density at radius 3 is 2.14 bits per heavy atom. The van der Waals surface area contributed by atoms with E-state index in [9.17, 15) is 18.0 Å². The average molecular weight is 419 g/mol. The topological polar surface area (TPSA) is 116 Å². The Balaban J connectivity index is 2.02. The maximum absolute atomic E-state index is 12.5. The van der Waals surface area contributed by atoms with Crippen molar-refractivity contribution in [2.75, 3.05) is 11.9 Å². The third kappa shape index (κ3) is 6.13. The molecule has 0 heterocycles. The number of sulfonamides is 1. The van der Waals surface area contributed by atoms with Gasteiger partial charge in [-0.2, -0.15) is 0 Å². The molecule has 0 spiro atoms. The van der Waals surface area contributed by atoms with Gasteiger partial charge >= 0.3 is 5.97 Å². The highest BCUT2D eigenvalue weighted by Gasteiger charge is 2.18. The van der Waals surface area contributed by atoms with E-state index in [2.05, 4.69) is 19.2 Å². The zero-order valence-corrected chi connectivity index (χ0v) is 17.7. The lowest BCUT2D eigenvalue weighted by Gasteiger charge is -2.15. The molecule has 0 fully saturated rings. The van der Waals surface area contributed by atoms with Gasteiger partial charge in [0.1, 0.15) is 0 Å². The molecule has 156 valence electrons. The number of hydrogen-bond acceptors (Lipinski definition) is 5. The van der Waals surface area contributed by atoms with Crippen molar-refractivity contribution in [1.29, 1.82) is 0 Å². The minimum Gasteiger partial charge on any atom is -0.452 e. The molecule has 0 bridgehead atoms. The summed E-state index contributed by atoms with van der Waals surface area (Å²) in [5.41, 5.74) is 2.81. The van der Waals surface area contributed by atoms with Crippen molar-refractivity contribution in [1.82, 2.24) is 0 Å². The summed E-state index contributed by atoms with van der Waals surface area (Å²) in [4.78, 5) is 24.5. The van der Waals surface area contributed by atoms with Crippen molar-refractivity contribution in [3.8, 4) is 0 Å². The van der Waals surface area contributed by atoms with Gasteiger partial charge < -0.3 is 10.1 Å². The number of amides is 1. The van der Waals surface area contributed by atoms with Crippen molar-refractivity contribution < 1.29 is 22.7 Å². The Morgan fingerprint density at radius 1 is 1.00 bits per heavy atom. The Hall–Kier alpha value is -2.71. The highest BCUT2D eigenvalue weighted by atomic mass is 32.2. The zero-order chi connectivity index (χ0) is 21.8. The molecule has 2 aromatic carbocycles. The number of primary sulfonamides is 1. The number of carbonyl (C=O) groups excluding carboxylic acids is 2. The second kappa shape index (κ2) is 9.19. The molecule has 0 saturated heterocycles. The lowest BCUT2D eigenvalue weighted by atomic mass is 9.91. The fourth-order valence-electron chi connectivity index (χ4n) is 2.74. The first-order chi connectivity index (χ1) is 13.5.